The molecule has 1 aromatic carbocycles. The number of hydrogen-bond acceptors (Lipinski definition) is 3. The van der Waals surface area contributed by atoms with E-state index in [1.54, 1.807) is 16.8 Å². The van der Waals surface area contributed by atoms with Crippen LogP contribution in [0.15, 0.2) is 24.4 Å². The van der Waals surface area contributed by atoms with Gasteiger partial charge >= 0.3 is 0 Å². The molecule has 2 rings (SSSR count). The zero-order valence-electron chi connectivity index (χ0n) is 12.7. The third-order valence-electron chi connectivity index (χ3n) is 3.18. The normalized spacial score (nSPS) is 11.2. The van der Waals surface area contributed by atoms with Crippen molar-refractivity contribution in [2.24, 2.45) is 7.05 Å². The van der Waals surface area contributed by atoms with Gasteiger partial charge in [-0.1, -0.05) is 20.8 Å². The Hall–Kier alpha value is -2.35. The highest BCUT2D eigenvalue weighted by Gasteiger charge is 2.21. The average Bonchev–Trinajstić information content (AvgIpc) is 2.78. The largest absolute Gasteiger partial charge is 0.378 e. The van der Waals surface area contributed by atoms with Gasteiger partial charge in [-0.05, 0) is 18.2 Å². The Kier molecular flexibility index (Phi) is 3.99. The predicted molar refractivity (Wildman–Crippen MR) is 80.3 cm³/mol. The first-order valence-corrected chi connectivity index (χ1v) is 6.78. The van der Waals surface area contributed by atoms with E-state index in [1.807, 2.05) is 19.3 Å². The van der Waals surface area contributed by atoms with Crippen molar-refractivity contribution in [2.45, 2.75) is 32.7 Å². The molecule has 0 aliphatic heterocycles. The Balaban J connectivity index is 2.19. The molecule has 1 N–H and O–H groups in total. The molecule has 21 heavy (non-hydrogen) atoms. The molecule has 2 aromatic rings. The van der Waals surface area contributed by atoms with Gasteiger partial charge in [0.1, 0.15) is 5.82 Å². The van der Waals surface area contributed by atoms with Gasteiger partial charge < -0.3 is 5.32 Å². The minimum atomic E-state index is -0.421. The van der Waals surface area contributed by atoms with Crippen molar-refractivity contribution in [2.75, 3.05) is 5.32 Å². The van der Waals surface area contributed by atoms with Crippen molar-refractivity contribution < 1.29 is 4.39 Å². The number of benzene rings is 1. The van der Waals surface area contributed by atoms with Gasteiger partial charge in [0.15, 0.2) is 0 Å². The molecule has 0 atom stereocenters. The highest BCUT2D eigenvalue weighted by molar-refractivity contribution is 5.49. The van der Waals surface area contributed by atoms with Gasteiger partial charge in [-0.2, -0.15) is 10.4 Å². The van der Waals surface area contributed by atoms with Crippen LogP contribution < -0.4 is 5.32 Å². The lowest BCUT2D eigenvalue weighted by Gasteiger charge is -2.18. The van der Waals surface area contributed by atoms with E-state index < -0.39 is 5.82 Å². The summed E-state index contributed by atoms with van der Waals surface area (Å²) in [5.74, 6) is -0.421. The molecule has 0 aliphatic rings. The zero-order chi connectivity index (χ0) is 15.6. The second-order valence-corrected chi connectivity index (χ2v) is 6.09. The maximum atomic E-state index is 13.8. The second-order valence-electron chi connectivity index (χ2n) is 6.09. The number of aromatic nitrogens is 2. The molecule has 0 unspecified atom stereocenters. The Labute approximate surface area is 124 Å². The fourth-order valence-electron chi connectivity index (χ4n) is 2.22. The van der Waals surface area contributed by atoms with E-state index in [4.69, 9.17) is 5.26 Å². The molecule has 0 aliphatic carbocycles. The van der Waals surface area contributed by atoms with Gasteiger partial charge in [-0.25, -0.2) is 4.39 Å². The van der Waals surface area contributed by atoms with Crippen LogP contribution in [0.4, 0.5) is 10.1 Å². The van der Waals surface area contributed by atoms with Crippen LogP contribution in [0, 0.1) is 17.1 Å². The van der Waals surface area contributed by atoms with Crippen LogP contribution in [-0.4, -0.2) is 9.78 Å². The standard InChI is InChI=1S/C16H19FN4/c1-16(2,3)15-12(10-21(4)20-15)9-19-14-6-5-11(8-18)7-13(14)17/h5-7,10,19H,9H2,1-4H3. The molecule has 0 fully saturated rings. The summed E-state index contributed by atoms with van der Waals surface area (Å²) in [6.45, 7) is 6.78. The summed E-state index contributed by atoms with van der Waals surface area (Å²) in [5.41, 5.74) is 2.66. The first kappa shape index (κ1) is 15.0. The fourth-order valence-corrected chi connectivity index (χ4v) is 2.22. The SMILES string of the molecule is Cn1cc(CNc2ccc(C#N)cc2F)c(C(C)(C)C)n1. The monoisotopic (exact) mass is 286 g/mol. The van der Waals surface area contributed by atoms with E-state index in [0.717, 1.165) is 11.3 Å². The van der Waals surface area contributed by atoms with E-state index in [0.29, 0.717) is 17.8 Å². The number of nitrogens with zero attached hydrogens (tertiary/aromatic N) is 3. The molecule has 1 heterocycles. The van der Waals surface area contributed by atoms with Crippen LogP contribution in [0.2, 0.25) is 0 Å². The van der Waals surface area contributed by atoms with Crippen LogP contribution in [-0.2, 0) is 19.0 Å². The summed E-state index contributed by atoms with van der Waals surface area (Å²) in [6, 6.07) is 6.33. The number of rotatable bonds is 3. The van der Waals surface area contributed by atoms with Gasteiger partial charge in [0.2, 0.25) is 0 Å². The van der Waals surface area contributed by atoms with Gasteiger partial charge in [-0.15, -0.1) is 0 Å². The first-order chi connectivity index (χ1) is 9.81. The van der Waals surface area contributed by atoms with Crippen molar-refractivity contribution in [1.82, 2.24) is 9.78 Å². The Morgan fingerprint density at radius 2 is 2.10 bits per heavy atom. The number of nitrogens with one attached hydrogen (secondary N) is 1. The summed E-state index contributed by atoms with van der Waals surface area (Å²) in [7, 11) is 1.88. The van der Waals surface area contributed by atoms with Gasteiger partial charge in [0.25, 0.3) is 0 Å². The van der Waals surface area contributed by atoms with Crippen LogP contribution >= 0.6 is 0 Å². The van der Waals surface area contributed by atoms with Crippen LogP contribution in [0.5, 0.6) is 0 Å². The molecule has 0 spiro atoms. The molecular weight excluding hydrogens is 267 g/mol. The number of aryl methyl sites for hydroxylation is 1. The molecule has 0 bridgehead atoms. The van der Waals surface area contributed by atoms with Gasteiger partial charge in [-0.3, -0.25) is 4.68 Å². The molecule has 1 aromatic heterocycles. The highest BCUT2D eigenvalue weighted by atomic mass is 19.1. The smallest absolute Gasteiger partial charge is 0.147 e. The molecule has 5 heteroatoms. The van der Waals surface area contributed by atoms with E-state index in [2.05, 4.69) is 31.2 Å². The molecule has 4 nitrogen and oxygen atoms in total. The van der Waals surface area contributed by atoms with Crippen molar-refractivity contribution in [3.05, 3.63) is 47.0 Å². The lowest BCUT2D eigenvalue weighted by atomic mass is 9.89. The lowest BCUT2D eigenvalue weighted by molar-refractivity contribution is 0.549. The minimum absolute atomic E-state index is 0.0680. The third-order valence-corrected chi connectivity index (χ3v) is 3.18. The topological polar surface area (TPSA) is 53.6 Å². The van der Waals surface area contributed by atoms with Crippen molar-refractivity contribution in [3.8, 4) is 6.07 Å². The molecule has 0 amide bonds. The van der Waals surface area contributed by atoms with Crippen molar-refractivity contribution in [3.63, 3.8) is 0 Å². The first-order valence-electron chi connectivity index (χ1n) is 6.78. The second kappa shape index (κ2) is 5.57. The number of nitriles is 1. The number of halogens is 1. The van der Waals surface area contributed by atoms with Gasteiger partial charge in [0, 0.05) is 30.8 Å². The van der Waals surface area contributed by atoms with Gasteiger partial charge in [0.05, 0.1) is 23.0 Å². The molecule has 0 radical (unpaired) electrons. The Morgan fingerprint density at radius 3 is 2.67 bits per heavy atom. The number of hydrogen-bond donors (Lipinski definition) is 1. The maximum Gasteiger partial charge on any atom is 0.147 e. The maximum absolute atomic E-state index is 13.8. The molecular formula is C16H19FN4. The van der Waals surface area contributed by atoms with Crippen molar-refractivity contribution in [1.29, 1.82) is 5.26 Å². The van der Waals surface area contributed by atoms with E-state index in [1.165, 1.54) is 6.07 Å². The number of anilines is 1. The highest BCUT2D eigenvalue weighted by Crippen LogP contribution is 2.25. The summed E-state index contributed by atoms with van der Waals surface area (Å²) >= 11 is 0. The Morgan fingerprint density at radius 1 is 1.38 bits per heavy atom. The van der Waals surface area contributed by atoms with E-state index >= 15 is 0 Å². The van der Waals surface area contributed by atoms with Crippen LogP contribution in [0.3, 0.4) is 0 Å². The lowest BCUT2D eigenvalue weighted by Crippen LogP contribution is -2.16. The summed E-state index contributed by atoms with van der Waals surface area (Å²) in [4.78, 5) is 0. The summed E-state index contributed by atoms with van der Waals surface area (Å²) in [5, 5.41) is 16.3. The molecule has 110 valence electrons. The third kappa shape index (κ3) is 3.40. The fraction of sp³-hybridized carbons (Fsp3) is 0.375. The van der Waals surface area contributed by atoms with E-state index in [-0.39, 0.29) is 5.41 Å². The average molecular weight is 286 g/mol. The quantitative estimate of drug-likeness (QED) is 0.941. The van der Waals surface area contributed by atoms with Crippen LogP contribution in [0.25, 0.3) is 0 Å². The molecule has 0 saturated carbocycles. The summed E-state index contributed by atoms with van der Waals surface area (Å²) in [6.07, 6.45) is 1.94. The zero-order valence-corrected chi connectivity index (χ0v) is 12.7. The van der Waals surface area contributed by atoms with Crippen LogP contribution in [0.1, 0.15) is 37.6 Å². The van der Waals surface area contributed by atoms with E-state index in [9.17, 15) is 4.39 Å². The minimum Gasteiger partial charge on any atom is -0.378 e. The summed E-state index contributed by atoms with van der Waals surface area (Å²) < 4.78 is 15.6. The predicted octanol–water partition coefficient (Wildman–Crippen LogP) is 3.34. The molecule has 0 saturated heterocycles. The van der Waals surface area contributed by atoms with Crippen molar-refractivity contribution >= 4 is 5.69 Å². The Bertz CT molecular complexity index is 689.